The molecule has 0 saturated carbocycles. The van der Waals surface area contributed by atoms with Crippen molar-refractivity contribution in [1.82, 2.24) is 5.32 Å². The Balaban J connectivity index is 2.05. The molecule has 106 valence electrons. The van der Waals surface area contributed by atoms with Crippen LogP contribution in [-0.4, -0.2) is 11.9 Å². The molecule has 0 aliphatic heterocycles. The van der Waals surface area contributed by atoms with E-state index in [-0.39, 0.29) is 11.9 Å². The summed E-state index contributed by atoms with van der Waals surface area (Å²) in [6.45, 7) is 4.58. The summed E-state index contributed by atoms with van der Waals surface area (Å²) in [5.74, 6) is -0.0849. The molecule has 0 aliphatic carbocycles. The number of amides is 1. The highest BCUT2D eigenvalue weighted by atomic mass is 35.5. The summed E-state index contributed by atoms with van der Waals surface area (Å²) in [5.41, 5.74) is 1.51. The molecule has 0 unspecified atom stereocenters. The Morgan fingerprint density at radius 2 is 2.00 bits per heavy atom. The summed E-state index contributed by atoms with van der Waals surface area (Å²) in [5, 5.41) is 6.19. The lowest BCUT2D eigenvalue weighted by atomic mass is 10.1. The number of hydrogen-bond donors (Lipinski definition) is 2. The van der Waals surface area contributed by atoms with Gasteiger partial charge in [0.15, 0.2) is 0 Å². The summed E-state index contributed by atoms with van der Waals surface area (Å²) in [7, 11) is 0. The fraction of sp³-hybridized carbons (Fsp3) is 0.267. The lowest BCUT2D eigenvalue weighted by Gasteiger charge is -2.14. The van der Waals surface area contributed by atoms with Crippen molar-refractivity contribution < 1.29 is 4.79 Å². The molecule has 1 amide bonds. The predicted molar refractivity (Wildman–Crippen MR) is 85.7 cm³/mol. The summed E-state index contributed by atoms with van der Waals surface area (Å²) < 4.78 is 0.733. The van der Waals surface area contributed by atoms with E-state index < -0.39 is 0 Å². The van der Waals surface area contributed by atoms with Gasteiger partial charge >= 0.3 is 0 Å². The Labute approximate surface area is 128 Å². The number of para-hydroxylation sites is 1. The van der Waals surface area contributed by atoms with Crippen molar-refractivity contribution in [3.63, 3.8) is 0 Å². The van der Waals surface area contributed by atoms with E-state index in [1.807, 2.05) is 50.2 Å². The van der Waals surface area contributed by atoms with Crippen LogP contribution < -0.4 is 10.6 Å². The quantitative estimate of drug-likeness (QED) is 0.871. The van der Waals surface area contributed by atoms with Crippen LogP contribution in [0.25, 0.3) is 0 Å². The lowest BCUT2D eigenvalue weighted by molar-refractivity contribution is 0.0952. The van der Waals surface area contributed by atoms with Gasteiger partial charge in [-0.05, 0) is 38.1 Å². The Hall–Kier alpha value is -1.52. The number of benzene rings is 1. The van der Waals surface area contributed by atoms with Crippen LogP contribution in [0.2, 0.25) is 4.34 Å². The van der Waals surface area contributed by atoms with Crippen molar-refractivity contribution in [3.05, 3.63) is 51.2 Å². The Kier molecular flexibility index (Phi) is 5.04. The van der Waals surface area contributed by atoms with Crippen LogP contribution >= 0.6 is 22.9 Å². The average molecular weight is 309 g/mol. The van der Waals surface area contributed by atoms with Crippen LogP contribution in [0.3, 0.4) is 0 Å². The summed E-state index contributed by atoms with van der Waals surface area (Å²) in [6.07, 6.45) is 0. The molecular formula is C15H17ClN2OS. The fourth-order valence-corrected chi connectivity index (χ4v) is 2.85. The third-order valence-corrected chi connectivity index (χ3v) is 3.90. The molecule has 1 aromatic heterocycles. The average Bonchev–Trinajstić information content (AvgIpc) is 2.82. The number of carbonyl (C=O) groups is 1. The van der Waals surface area contributed by atoms with Gasteiger partial charge in [-0.2, -0.15) is 0 Å². The maximum absolute atomic E-state index is 12.2. The number of nitrogens with one attached hydrogen (secondary N) is 2. The molecule has 2 N–H and O–H groups in total. The van der Waals surface area contributed by atoms with Crippen molar-refractivity contribution in [2.45, 2.75) is 26.4 Å². The SMILES string of the molecule is CC(C)Nc1ccccc1C(=O)NCc1ccc(Cl)s1. The van der Waals surface area contributed by atoms with Gasteiger partial charge in [-0.25, -0.2) is 0 Å². The van der Waals surface area contributed by atoms with E-state index in [1.54, 1.807) is 0 Å². The van der Waals surface area contributed by atoms with Gasteiger partial charge in [-0.15, -0.1) is 11.3 Å². The maximum atomic E-state index is 12.2. The van der Waals surface area contributed by atoms with Crippen LogP contribution in [-0.2, 0) is 6.54 Å². The van der Waals surface area contributed by atoms with E-state index in [2.05, 4.69) is 10.6 Å². The van der Waals surface area contributed by atoms with E-state index in [1.165, 1.54) is 11.3 Å². The molecule has 0 spiro atoms. The Morgan fingerprint density at radius 3 is 2.65 bits per heavy atom. The third-order valence-electron chi connectivity index (χ3n) is 2.67. The highest BCUT2D eigenvalue weighted by molar-refractivity contribution is 7.16. The van der Waals surface area contributed by atoms with E-state index in [4.69, 9.17) is 11.6 Å². The Bertz CT molecular complexity index is 595. The van der Waals surface area contributed by atoms with Gasteiger partial charge in [0.1, 0.15) is 0 Å². The molecule has 1 heterocycles. The highest BCUT2D eigenvalue weighted by Gasteiger charge is 2.11. The molecule has 2 aromatic rings. The fourth-order valence-electron chi connectivity index (χ4n) is 1.83. The minimum Gasteiger partial charge on any atom is -0.382 e. The van der Waals surface area contributed by atoms with Crippen molar-refractivity contribution in [1.29, 1.82) is 0 Å². The number of carbonyl (C=O) groups excluding carboxylic acids is 1. The molecule has 2 rings (SSSR count). The van der Waals surface area contributed by atoms with Crippen LogP contribution in [0.15, 0.2) is 36.4 Å². The minimum atomic E-state index is -0.0849. The zero-order chi connectivity index (χ0) is 14.5. The molecule has 5 heteroatoms. The predicted octanol–water partition coefficient (Wildman–Crippen LogP) is 4.15. The first kappa shape index (κ1) is 14.9. The molecule has 3 nitrogen and oxygen atoms in total. The lowest BCUT2D eigenvalue weighted by Crippen LogP contribution is -2.24. The van der Waals surface area contributed by atoms with Gasteiger partial charge < -0.3 is 10.6 Å². The standard InChI is InChI=1S/C15H17ClN2OS/c1-10(2)18-13-6-4-3-5-12(13)15(19)17-9-11-7-8-14(16)20-11/h3-8,10,18H,9H2,1-2H3,(H,17,19). The largest absolute Gasteiger partial charge is 0.382 e. The van der Waals surface area contributed by atoms with E-state index in [0.29, 0.717) is 12.1 Å². The van der Waals surface area contributed by atoms with Crippen molar-refractivity contribution >= 4 is 34.5 Å². The first-order chi connectivity index (χ1) is 9.56. The van der Waals surface area contributed by atoms with Crippen molar-refractivity contribution in [2.75, 3.05) is 5.32 Å². The first-order valence-corrected chi connectivity index (χ1v) is 7.63. The molecule has 0 aliphatic rings. The number of anilines is 1. The number of thiophene rings is 1. The summed E-state index contributed by atoms with van der Waals surface area (Å²) in [6, 6.07) is 11.6. The molecular weight excluding hydrogens is 292 g/mol. The molecule has 0 radical (unpaired) electrons. The van der Waals surface area contributed by atoms with Gasteiger partial charge in [0.25, 0.3) is 5.91 Å². The number of rotatable bonds is 5. The van der Waals surface area contributed by atoms with Crippen LogP contribution in [0.1, 0.15) is 29.1 Å². The van der Waals surface area contributed by atoms with Crippen LogP contribution in [0, 0.1) is 0 Å². The maximum Gasteiger partial charge on any atom is 0.253 e. The summed E-state index contributed by atoms with van der Waals surface area (Å²) >= 11 is 7.35. The molecule has 1 aromatic carbocycles. The number of halogens is 1. The monoisotopic (exact) mass is 308 g/mol. The van der Waals surface area contributed by atoms with Gasteiger partial charge in [0.05, 0.1) is 16.4 Å². The zero-order valence-electron chi connectivity index (χ0n) is 11.4. The van der Waals surface area contributed by atoms with Crippen LogP contribution in [0.4, 0.5) is 5.69 Å². The van der Waals surface area contributed by atoms with Gasteiger partial charge in [-0.3, -0.25) is 4.79 Å². The molecule has 0 bridgehead atoms. The molecule has 20 heavy (non-hydrogen) atoms. The smallest absolute Gasteiger partial charge is 0.253 e. The number of hydrogen-bond acceptors (Lipinski definition) is 3. The van der Waals surface area contributed by atoms with Crippen molar-refractivity contribution in [2.24, 2.45) is 0 Å². The highest BCUT2D eigenvalue weighted by Crippen LogP contribution is 2.21. The van der Waals surface area contributed by atoms with E-state index in [9.17, 15) is 4.79 Å². The normalized spacial score (nSPS) is 10.6. The van der Waals surface area contributed by atoms with Crippen molar-refractivity contribution in [3.8, 4) is 0 Å². The zero-order valence-corrected chi connectivity index (χ0v) is 13.0. The van der Waals surface area contributed by atoms with E-state index >= 15 is 0 Å². The minimum absolute atomic E-state index is 0.0849. The molecule has 0 saturated heterocycles. The first-order valence-electron chi connectivity index (χ1n) is 6.44. The molecule has 0 fully saturated rings. The van der Waals surface area contributed by atoms with Gasteiger partial charge in [-0.1, -0.05) is 23.7 Å². The second kappa shape index (κ2) is 6.77. The molecule has 0 atom stereocenters. The Morgan fingerprint density at radius 1 is 1.25 bits per heavy atom. The second-order valence-electron chi connectivity index (χ2n) is 4.73. The van der Waals surface area contributed by atoms with E-state index in [0.717, 1.165) is 14.9 Å². The van der Waals surface area contributed by atoms with Gasteiger partial charge in [0, 0.05) is 16.6 Å². The van der Waals surface area contributed by atoms with Gasteiger partial charge in [0.2, 0.25) is 0 Å². The topological polar surface area (TPSA) is 41.1 Å². The second-order valence-corrected chi connectivity index (χ2v) is 6.53. The van der Waals surface area contributed by atoms with Crippen LogP contribution in [0.5, 0.6) is 0 Å². The third kappa shape index (κ3) is 3.99. The summed E-state index contributed by atoms with van der Waals surface area (Å²) in [4.78, 5) is 13.3.